The van der Waals surface area contributed by atoms with Crippen molar-refractivity contribution in [2.45, 2.75) is 38.3 Å². The maximum Gasteiger partial charge on any atom is 0.143 e. The summed E-state index contributed by atoms with van der Waals surface area (Å²) in [6, 6.07) is 6.56. The van der Waals surface area contributed by atoms with Gasteiger partial charge < -0.3 is 15.8 Å². The third-order valence-corrected chi connectivity index (χ3v) is 4.20. The molecule has 0 spiro atoms. The highest BCUT2D eigenvalue weighted by Crippen LogP contribution is 2.31. The normalized spacial score (nSPS) is 21.7. The fraction of sp³-hybridized carbons (Fsp3) is 0.625. The van der Waals surface area contributed by atoms with Gasteiger partial charge in [0.25, 0.3) is 0 Å². The van der Waals surface area contributed by atoms with Gasteiger partial charge in [0.15, 0.2) is 0 Å². The second-order valence-electron chi connectivity index (χ2n) is 5.87. The highest BCUT2D eigenvalue weighted by molar-refractivity contribution is 5.85. The molecule has 1 unspecified atom stereocenters. The Morgan fingerprint density at radius 3 is 2.81 bits per heavy atom. The summed E-state index contributed by atoms with van der Waals surface area (Å²) in [4.78, 5) is 2.54. The molecule has 21 heavy (non-hydrogen) atoms. The molecule has 118 valence electrons. The SMILES string of the molecule is Cl.NCCC1CNc2ccc(CN3CCCCC3)cc2O1. The van der Waals surface area contributed by atoms with Gasteiger partial charge in [0.05, 0.1) is 12.2 Å². The number of anilines is 1. The van der Waals surface area contributed by atoms with Crippen LogP contribution >= 0.6 is 12.4 Å². The highest BCUT2D eigenvalue weighted by Gasteiger charge is 2.19. The molecule has 0 radical (unpaired) electrons. The summed E-state index contributed by atoms with van der Waals surface area (Å²) < 4.78 is 6.04. The third kappa shape index (κ3) is 4.25. The van der Waals surface area contributed by atoms with Gasteiger partial charge in [-0.2, -0.15) is 0 Å². The number of hydrogen-bond acceptors (Lipinski definition) is 4. The third-order valence-electron chi connectivity index (χ3n) is 4.20. The first kappa shape index (κ1) is 16.4. The van der Waals surface area contributed by atoms with E-state index in [-0.39, 0.29) is 18.5 Å². The van der Waals surface area contributed by atoms with Crippen molar-refractivity contribution in [1.29, 1.82) is 0 Å². The second kappa shape index (κ2) is 7.87. The molecule has 0 aromatic heterocycles. The molecule has 0 bridgehead atoms. The summed E-state index contributed by atoms with van der Waals surface area (Å²) >= 11 is 0. The predicted octanol–water partition coefficient (Wildman–Crippen LogP) is 2.62. The fourth-order valence-electron chi connectivity index (χ4n) is 3.08. The quantitative estimate of drug-likeness (QED) is 0.897. The minimum absolute atomic E-state index is 0. The van der Waals surface area contributed by atoms with Crippen molar-refractivity contribution in [3.05, 3.63) is 23.8 Å². The standard InChI is InChI=1S/C16H25N3O.ClH/c17-7-6-14-11-18-15-5-4-13(10-16(15)20-14)12-19-8-2-1-3-9-19;/h4-5,10,14,18H,1-3,6-9,11-12,17H2;1H. The van der Waals surface area contributed by atoms with E-state index >= 15 is 0 Å². The lowest BCUT2D eigenvalue weighted by Crippen LogP contribution is -2.33. The zero-order chi connectivity index (χ0) is 13.8. The lowest BCUT2D eigenvalue weighted by Gasteiger charge is -2.29. The predicted molar refractivity (Wildman–Crippen MR) is 89.4 cm³/mol. The molecule has 5 heteroatoms. The molecule has 1 aromatic carbocycles. The molecule has 4 nitrogen and oxygen atoms in total. The van der Waals surface area contributed by atoms with Crippen LogP contribution in [0.2, 0.25) is 0 Å². The maximum absolute atomic E-state index is 6.04. The van der Waals surface area contributed by atoms with Crippen LogP contribution in [0.3, 0.4) is 0 Å². The summed E-state index contributed by atoms with van der Waals surface area (Å²) in [5.41, 5.74) is 8.08. The summed E-state index contributed by atoms with van der Waals surface area (Å²) in [5, 5.41) is 3.43. The van der Waals surface area contributed by atoms with Gasteiger partial charge in [0.2, 0.25) is 0 Å². The van der Waals surface area contributed by atoms with E-state index < -0.39 is 0 Å². The van der Waals surface area contributed by atoms with E-state index in [1.165, 1.54) is 37.9 Å². The Balaban J connectivity index is 0.00000161. The smallest absolute Gasteiger partial charge is 0.143 e. The fourth-order valence-corrected chi connectivity index (χ4v) is 3.08. The van der Waals surface area contributed by atoms with Crippen molar-refractivity contribution in [3.8, 4) is 5.75 Å². The Morgan fingerprint density at radius 1 is 1.24 bits per heavy atom. The van der Waals surface area contributed by atoms with E-state index in [0.717, 1.165) is 30.9 Å². The van der Waals surface area contributed by atoms with Crippen molar-refractivity contribution < 1.29 is 4.74 Å². The number of nitrogens with one attached hydrogen (secondary N) is 1. The number of fused-ring (bicyclic) bond motifs is 1. The van der Waals surface area contributed by atoms with E-state index in [1.54, 1.807) is 0 Å². The molecule has 0 saturated carbocycles. The van der Waals surface area contributed by atoms with Gasteiger partial charge >= 0.3 is 0 Å². The Kier molecular flexibility index (Phi) is 6.15. The summed E-state index contributed by atoms with van der Waals surface area (Å²) in [6.45, 7) is 5.03. The van der Waals surface area contributed by atoms with Crippen molar-refractivity contribution >= 4 is 18.1 Å². The van der Waals surface area contributed by atoms with Gasteiger partial charge in [-0.05, 0) is 56.6 Å². The van der Waals surface area contributed by atoms with E-state index in [2.05, 4.69) is 28.4 Å². The molecule has 3 rings (SSSR count). The molecule has 1 fully saturated rings. The molecule has 3 N–H and O–H groups in total. The van der Waals surface area contributed by atoms with Crippen LogP contribution in [0, 0.1) is 0 Å². The first-order valence-electron chi connectivity index (χ1n) is 7.81. The lowest BCUT2D eigenvalue weighted by atomic mass is 10.1. The Bertz CT molecular complexity index is 449. The van der Waals surface area contributed by atoms with E-state index in [1.807, 2.05) is 0 Å². The van der Waals surface area contributed by atoms with Gasteiger partial charge in [-0.15, -0.1) is 12.4 Å². The summed E-state index contributed by atoms with van der Waals surface area (Å²) in [6.07, 6.45) is 5.16. The number of nitrogens with zero attached hydrogens (tertiary/aromatic N) is 1. The van der Waals surface area contributed by atoms with Crippen LogP contribution in [-0.2, 0) is 6.54 Å². The first-order chi connectivity index (χ1) is 9.85. The average molecular weight is 312 g/mol. The molecule has 2 aliphatic rings. The van der Waals surface area contributed by atoms with E-state index in [4.69, 9.17) is 10.5 Å². The second-order valence-corrected chi connectivity index (χ2v) is 5.87. The van der Waals surface area contributed by atoms with Crippen LogP contribution in [0.25, 0.3) is 0 Å². The zero-order valence-corrected chi connectivity index (χ0v) is 13.3. The van der Waals surface area contributed by atoms with Crippen molar-refractivity contribution in [2.75, 3.05) is 31.5 Å². The van der Waals surface area contributed by atoms with Gasteiger partial charge in [-0.25, -0.2) is 0 Å². The molecular formula is C16H26ClN3O. The van der Waals surface area contributed by atoms with Crippen LogP contribution in [0.5, 0.6) is 5.75 Å². The Morgan fingerprint density at radius 2 is 2.05 bits per heavy atom. The number of piperidine rings is 1. The highest BCUT2D eigenvalue weighted by atomic mass is 35.5. The molecule has 0 aliphatic carbocycles. The topological polar surface area (TPSA) is 50.5 Å². The lowest BCUT2D eigenvalue weighted by molar-refractivity contribution is 0.196. The average Bonchev–Trinajstić information content (AvgIpc) is 2.48. The minimum Gasteiger partial charge on any atom is -0.486 e. The van der Waals surface area contributed by atoms with Crippen LogP contribution in [-0.4, -0.2) is 37.2 Å². The number of hydrogen-bond donors (Lipinski definition) is 2. The van der Waals surface area contributed by atoms with Crippen LogP contribution in [0.15, 0.2) is 18.2 Å². The number of ether oxygens (including phenoxy) is 1. The van der Waals surface area contributed by atoms with Crippen molar-refractivity contribution in [1.82, 2.24) is 4.90 Å². The maximum atomic E-state index is 6.04. The largest absolute Gasteiger partial charge is 0.486 e. The molecule has 0 amide bonds. The molecular weight excluding hydrogens is 286 g/mol. The first-order valence-corrected chi connectivity index (χ1v) is 7.81. The number of rotatable bonds is 4. The Labute approximate surface area is 133 Å². The van der Waals surface area contributed by atoms with Gasteiger partial charge in [0.1, 0.15) is 11.9 Å². The van der Waals surface area contributed by atoms with Crippen LogP contribution in [0.1, 0.15) is 31.2 Å². The molecule has 2 aliphatic heterocycles. The molecule has 2 heterocycles. The number of halogens is 1. The minimum atomic E-state index is 0. The summed E-state index contributed by atoms with van der Waals surface area (Å²) in [5.74, 6) is 0.990. The number of benzene rings is 1. The molecule has 1 atom stereocenters. The van der Waals surface area contributed by atoms with Crippen LogP contribution < -0.4 is 15.8 Å². The Hall–Kier alpha value is -0.970. The van der Waals surface area contributed by atoms with Crippen LogP contribution in [0.4, 0.5) is 5.69 Å². The van der Waals surface area contributed by atoms with Gasteiger partial charge in [0, 0.05) is 6.54 Å². The van der Waals surface area contributed by atoms with Crippen molar-refractivity contribution in [3.63, 3.8) is 0 Å². The molecule has 1 saturated heterocycles. The van der Waals surface area contributed by atoms with Gasteiger partial charge in [-0.3, -0.25) is 4.90 Å². The number of likely N-dealkylation sites (tertiary alicyclic amines) is 1. The molecule has 1 aromatic rings. The summed E-state index contributed by atoms with van der Waals surface area (Å²) in [7, 11) is 0. The monoisotopic (exact) mass is 311 g/mol. The van der Waals surface area contributed by atoms with E-state index in [9.17, 15) is 0 Å². The van der Waals surface area contributed by atoms with Gasteiger partial charge in [-0.1, -0.05) is 12.5 Å². The zero-order valence-electron chi connectivity index (χ0n) is 12.5. The van der Waals surface area contributed by atoms with Crippen molar-refractivity contribution in [2.24, 2.45) is 5.73 Å². The van der Waals surface area contributed by atoms with E-state index in [0.29, 0.717) is 6.54 Å². The number of nitrogens with two attached hydrogens (primary N) is 1.